The predicted octanol–water partition coefficient (Wildman–Crippen LogP) is 4.35. The van der Waals surface area contributed by atoms with Crippen molar-refractivity contribution in [3.63, 3.8) is 0 Å². The first-order valence-electron chi connectivity index (χ1n) is 11.8. The number of rotatable bonds is 8. The maximum atomic E-state index is 4.51. The van der Waals surface area contributed by atoms with Crippen molar-refractivity contribution in [3.8, 4) is 0 Å². The lowest BCUT2D eigenvalue weighted by Crippen LogP contribution is -2.39. The van der Waals surface area contributed by atoms with Crippen LogP contribution in [0.4, 0.5) is 0 Å². The zero-order valence-electron chi connectivity index (χ0n) is 18.9. The van der Waals surface area contributed by atoms with Crippen LogP contribution in [-0.4, -0.2) is 43.2 Å². The summed E-state index contributed by atoms with van der Waals surface area (Å²) in [5.41, 5.74) is 3.93. The maximum absolute atomic E-state index is 4.51. The van der Waals surface area contributed by atoms with E-state index in [1.54, 1.807) is 0 Å². The van der Waals surface area contributed by atoms with Crippen LogP contribution in [0.15, 0.2) is 85.2 Å². The minimum atomic E-state index is 0.0384. The van der Waals surface area contributed by atoms with Crippen LogP contribution in [-0.2, 0) is 19.4 Å². The smallest absolute Gasteiger partial charge is 0.173 e. The van der Waals surface area contributed by atoms with E-state index in [1.165, 1.54) is 29.5 Å². The van der Waals surface area contributed by atoms with E-state index in [0.717, 1.165) is 44.2 Å². The average molecular weight is 439 g/mol. The van der Waals surface area contributed by atoms with Crippen molar-refractivity contribution in [1.82, 2.24) is 30.1 Å². The monoisotopic (exact) mass is 438 g/mol. The van der Waals surface area contributed by atoms with Gasteiger partial charge in [0.2, 0.25) is 0 Å². The molecule has 0 saturated carbocycles. The fourth-order valence-electron chi connectivity index (χ4n) is 4.88. The van der Waals surface area contributed by atoms with Gasteiger partial charge < -0.3 is 0 Å². The molecule has 2 aromatic carbocycles. The Bertz CT molecular complexity index is 1110. The van der Waals surface area contributed by atoms with Crippen LogP contribution in [0.3, 0.4) is 0 Å². The molecule has 4 aromatic rings. The quantitative estimate of drug-likeness (QED) is 0.409. The highest BCUT2D eigenvalue weighted by Crippen LogP contribution is 2.32. The largest absolute Gasteiger partial charge is 0.290 e. The molecule has 0 unspecified atom stereocenters. The molecule has 2 aromatic heterocycles. The summed E-state index contributed by atoms with van der Waals surface area (Å²) in [6.07, 6.45) is 8.15. The summed E-state index contributed by atoms with van der Waals surface area (Å²) in [4.78, 5) is 6.78. The number of piperidine rings is 1. The molecular formula is C27H30N6. The molecule has 0 N–H and O–H groups in total. The Labute approximate surface area is 195 Å². The van der Waals surface area contributed by atoms with Gasteiger partial charge in [-0.25, -0.2) is 4.68 Å². The average Bonchev–Trinajstić information content (AvgIpc) is 3.34. The van der Waals surface area contributed by atoms with Crippen molar-refractivity contribution >= 4 is 0 Å². The minimum Gasteiger partial charge on any atom is -0.290 e. The van der Waals surface area contributed by atoms with Gasteiger partial charge in [0.05, 0.1) is 6.04 Å². The number of pyridine rings is 1. The van der Waals surface area contributed by atoms with Crippen LogP contribution in [0.5, 0.6) is 0 Å². The fraction of sp³-hybridized carbons (Fsp3) is 0.333. The summed E-state index contributed by atoms with van der Waals surface area (Å²) >= 11 is 0. The number of hydrogen-bond donors (Lipinski definition) is 0. The van der Waals surface area contributed by atoms with E-state index in [-0.39, 0.29) is 6.04 Å². The van der Waals surface area contributed by atoms with Crippen molar-refractivity contribution in [2.75, 3.05) is 13.1 Å². The van der Waals surface area contributed by atoms with Crippen LogP contribution >= 0.6 is 0 Å². The summed E-state index contributed by atoms with van der Waals surface area (Å²) < 4.78 is 1.98. The first kappa shape index (κ1) is 21.5. The van der Waals surface area contributed by atoms with Crippen molar-refractivity contribution < 1.29 is 0 Å². The third-order valence-electron chi connectivity index (χ3n) is 6.66. The van der Waals surface area contributed by atoms with Gasteiger partial charge in [-0.3, -0.25) is 9.88 Å². The van der Waals surface area contributed by atoms with E-state index in [0.29, 0.717) is 0 Å². The van der Waals surface area contributed by atoms with Gasteiger partial charge in [-0.05, 0) is 83.9 Å². The minimum absolute atomic E-state index is 0.0384. The summed E-state index contributed by atoms with van der Waals surface area (Å²) in [7, 11) is 0. The molecular weight excluding hydrogens is 408 g/mol. The Kier molecular flexibility index (Phi) is 6.82. The van der Waals surface area contributed by atoms with E-state index in [4.69, 9.17) is 0 Å². The van der Waals surface area contributed by atoms with Gasteiger partial charge in [-0.1, -0.05) is 60.7 Å². The molecule has 5 rings (SSSR count). The summed E-state index contributed by atoms with van der Waals surface area (Å²) in [5.74, 6) is 1.63. The topological polar surface area (TPSA) is 59.7 Å². The molecule has 1 atom stereocenters. The fourth-order valence-corrected chi connectivity index (χ4v) is 4.88. The predicted molar refractivity (Wildman–Crippen MR) is 128 cm³/mol. The highest BCUT2D eigenvalue weighted by molar-refractivity contribution is 5.23. The van der Waals surface area contributed by atoms with Crippen molar-refractivity contribution in [3.05, 3.63) is 108 Å². The third kappa shape index (κ3) is 5.34. The molecule has 3 heterocycles. The second-order valence-electron chi connectivity index (χ2n) is 8.85. The van der Waals surface area contributed by atoms with E-state index >= 15 is 0 Å². The second-order valence-corrected chi connectivity index (χ2v) is 8.85. The number of aryl methyl sites for hydroxylation is 2. The highest BCUT2D eigenvalue weighted by atomic mass is 15.5. The lowest BCUT2D eigenvalue weighted by Gasteiger charge is -2.37. The van der Waals surface area contributed by atoms with Crippen LogP contribution in [0.25, 0.3) is 0 Å². The van der Waals surface area contributed by atoms with Crippen molar-refractivity contribution in [2.24, 2.45) is 5.92 Å². The summed E-state index contributed by atoms with van der Waals surface area (Å²) in [5, 5.41) is 12.9. The van der Waals surface area contributed by atoms with Crippen molar-refractivity contribution in [2.45, 2.75) is 38.3 Å². The summed E-state index contributed by atoms with van der Waals surface area (Å²) in [6.45, 7) is 2.84. The Hall–Kier alpha value is -3.38. The number of tetrazole rings is 1. The molecule has 1 aliphatic heterocycles. The van der Waals surface area contributed by atoms with E-state index in [9.17, 15) is 0 Å². The van der Waals surface area contributed by atoms with Crippen LogP contribution in [0.2, 0.25) is 0 Å². The standard InChI is InChI=1S/C27H30N6/c1-3-7-22(8-4-1)15-20-33-27(29-30-31-33)26(25-11-16-28-17-12-25)32-18-13-24(14-19-32)21-23-9-5-2-6-10-23/h1-12,16-17,24,26H,13-15,18-21H2/t26-/m0/s1. The van der Waals surface area contributed by atoms with Crippen molar-refractivity contribution in [1.29, 1.82) is 0 Å². The van der Waals surface area contributed by atoms with E-state index in [2.05, 4.69) is 92.1 Å². The molecule has 168 valence electrons. The molecule has 0 bridgehead atoms. The molecule has 0 spiro atoms. The van der Waals surface area contributed by atoms with Crippen LogP contribution < -0.4 is 0 Å². The normalized spacial score (nSPS) is 16.0. The zero-order valence-corrected chi connectivity index (χ0v) is 18.9. The number of hydrogen-bond acceptors (Lipinski definition) is 5. The van der Waals surface area contributed by atoms with Crippen LogP contribution in [0, 0.1) is 5.92 Å². The maximum Gasteiger partial charge on any atom is 0.173 e. The van der Waals surface area contributed by atoms with Crippen LogP contribution in [0.1, 0.15) is 41.4 Å². The molecule has 6 heteroatoms. The number of aromatic nitrogens is 5. The molecule has 1 aliphatic rings. The highest BCUT2D eigenvalue weighted by Gasteiger charge is 2.31. The Balaban J connectivity index is 1.32. The first-order chi connectivity index (χ1) is 16.4. The lowest BCUT2D eigenvalue weighted by molar-refractivity contribution is 0.143. The van der Waals surface area contributed by atoms with Gasteiger partial charge in [-0.15, -0.1) is 5.10 Å². The van der Waals surface area contributed by atoms with E-state index in [1.807, 2.05) is 23.1 Å². The second kappa shape index (κ2) is 10.5. The van der Waals surface area contributed by atoms with Gasteiger partial charge >= 0.3 is 0 Å². The molecule has 6 nitrogen and oxygen atoms in total. The summed E-state index contributed by atoms with van der Waals surface area (Å²) in [6, 6.07) is 25.6. The van der Waals surface area contributed by atoms with Gasteiger partial charge in [0.25, 0.3) is 0 Å². The Morgan fingerprint density at radius 1 is 0.818 bits per heavy atom. The van der Waals surface area contributed by atoms with E-state index < -0.39 is 0 Å². The molecule has 0 amide bonds. The zero-order chi connectivity index (χ0) is 22.3. The first-order valence-corrected chi connectivity index (χ1v) is 11.8. The SMILES string of the molecule is c1ccc(CCn2nnnc2[C@H](c2ccncc2)N2CCC(Cc3ccccc3)CC2)cc1. The molecule has 1 fully saturated rings. The molecule has 1 saturated heterocycles. The molecule has 33 heavy (non-hydrogen) atoms. The molecule has 0 aliphatic carbocycles. The van der Waals surface area contributed by atoms with Gasteiger partial charge in [0.1, 0.15) is 0 Å². The Morgan fingerprint density at radius 3 is 2.18 bits per heavy atom. The van der Waals surface area contributed by atoms with Gasteiger partial charge in [-0.2, -0.15) is 0 Å². The number of benzene rings is 2. The number of likely N-dealkylation sites (tertiary alicyclic amines) is 1. The molecule has 0 radical (unpaired) electrons. The third-order valence-corrected chi connectivity index (χ3v) is 6.66. The number of nitrogens with zero attached hydrogens (tertiary/aromatic N) is 6. The Morgan fingerprint density at radius 2 is 1.48 bits per heavy atom. The lowest BCUT2D eigenvalue weighted by atomic mass is 9.89. The van der Waals surface area contributed by atoms with Gasteiger partial charge in [0.15, 0.2) is 5.82 Å². The van der Waals surface area contributed by atoms with Gasteiger partial charge in [0, 0.05) is 18.9 Å².